The van der Waals surface area contributed by atoms with Crippen LogP contribution >= 0.6 is 0 Å². The number of ether oxygens (including phenoxy) is 1. The SMILES string of the molecule is CCNC(=NCCOc1ccc(F)cc1F)N1CC[C@@H](O)C1. The van der Waals surface area contributed by atoms with Crippen LogP contribution in [0.3, 0.4) is 0 Å². The number of β-amino-alcohol motifs (C(OH)–C–C–N with tert-alkyl or cyclic N) is 1. The molecule has 1 saturated heterocycles. The first-order valence-corrected chi connectivity index (χ1v) is 7.39. The van der Waals surface area contributed by atoms with Crippen molar-refractivity contribution in [3.63, 3.8) is 0 Å². The van der Waals surface area contributed by atoms with E-state index in [2.05, 4.69) is 10.3 Å². The molecule has 1 heterocycles. The number of guanidine groups is 1. The van der Waals surface area contributed by atoms with Crippen molar-refractivity contribution in [3.05, 3.63) is 29.8 Å². The Kier molecular flexibility index (Phi) is 5.94. The third-order valence-electron chi connectivity index (χ3n) is 3.30. The molecule has 22 heavy (non-hydrogen) atoms. The maximum atomic E-state index is 13.4. The smallest absolute Gasteiger partial charge is 0.194 e. The highest BCUT2D eigenvalue weighted by Gasteiger charge is 2.22. The first-order valence-electron chi connectivity index (χ1n) is 7.39. The highest BCUT2D eigenvalue weighted by molar-refractivity contribution is 5.80. The van der Waals surface area contributed by atoms with Crippen LogP contribution in [0.15, 0.2) is 23.2 Å². The Morgan fingerprint density at radius 2 is 2.32 bits per heavy atom. The van der Waals surface area contributed by atoms with E-state index in [1.54, 1.807) is 0 Å². The van der Waals surface area contributed by atoms with Crippen LogP contribution in [0, 0.1) is 11.6 Å². The molecule has 0 saturated carbocycles. The lowest BCUT2D eigenvalue weighted by molar-refractivity contribution is 0.187. The van der Waals surface area contributed by atoms with Gasteiger partial charge in [0, 0.05) is 25.7 Å². The minimum Gasteiger partial charge on any atom is -0.489 e. The molecule has 1 aromatic carbocycles. The molecule has 5 nitrogen and oxygen atoms in total. The minimum atomic E-state index is -0.724. The summed E-state index contributed by atoms with van der Waals surface area (Å²) in [7, 11) is 0. The molecule has 0 aliphatic carbocycles. The van der Waals surface area contributed by atoms with Crippen LogP contribution < -0.4 is 10.1 Å². The lowest BCUT2D eigenvalue weighted by atomic mass is 10.3. The molecule has 7 heteroatoms. The maximum absolute atomic E-state index is 13.4. The number of hydrogen-bond acceptors (Lipinski definition) is 3. The number of benzene rings is 1. The monoisotopic (exact) mass is 313 g/mol. The summed E-state index contributed by atoms with van der Waals surface area (Å²) < 4.78 is 31.4. The van der Waals surface area contributed by atoms with E-state index in [1.807, 2.05) is 11.8 Å². The largest absolute Gasteiger partial charge is 0.489 e. The normalized spacial score (nSPS) is 18.6. The van der Waals surface area contributed by atoms with E-state index in [9.17, 15) is 13.9 Å². The van der Waals surface area contributed by atoms with Gasteiger partial charge in [-0.3, -0.25) is 0 Å². The number of nitrogens with zero attached hydrogens (tertiary/aromatic N) is 2. The van der Waals surface area contributed by atoms with Crippen LogP contribution in [-0.2, 0) is 0 Å². The van der Waals surface area contributed by atoms with Gasteiger partial charge < -0.3 is 20.1 Å². The van der Waals surface area contributed by atoms with Crippen molar-refractivity contribution < 1.29 is 18.6 Å². The van der Waals surface area contributed by atoms with E-state index < -0.39 is 11.6 Å². The van der Waals surface area contributed by atoms with E-state index in [4.69, 9.17) is 4.74 Å². The van der Waals surface area contributed by atoms with Crippen molar-refractivity contribution >= 4 is 5.96 Å². The first kappa shape index (κ1) is 16.5. The van der Waals surface area contributed by atoms with Crippen LogP contribution in [0.4, 0.5) is 8.78 Å². The summed E-state index contributed by atoms with van der Waals surface area (Å²) in [5.74, 6) is -0.635. The summed E-state index contributed by atoms with van der Waals surface area (Å²) >= 11 is 0. The van der Waals surface area contributed by atoms with Crippen molar-refractivity contribution in [3.8, 4) is 5.75 Å². The van der Waals surface area contributed by atoms with Gasteiger partial charge in [0.25, 0.3) is 0 Å². The number of rotatable bonds is 5. The Morgan fingerprint density at radius 1 is 1.50 bits per heavy atom. The highest BCUT2D eigenvalue weighted by atomic mass is 19.1. The van der Waals surface area contributed by atoms with E-state index >= 15 is 0 Å². The molecule has 0 bridgehead atoms. The van der Waals surface area contributed by atoms with Gasteiger partial charge in [-0.15, -0.1) is 0 Å². The molecular formula is C15H21F2N3O2. The number of aliphatic imine (C=N–C) groups is 1. The highest BCUT2D eigenvalue weighted by Crippen LogP contribution is 2.17. The first-order chi connectivity index (χ1) is 10.6. The maximum Gasteiger partial charge on any atom is 0.194 e. The second kappa shape index (κ2) is 7.93. The van der Waals surface area contributed by atoms with Crippen molar-refractivity contribution in [2.24, 2.45) is 4.99 Å². The molecule has 1 aliphatic rings. The van der Waals surface area contributed by atoms with Gasteiger partial charge in [-0.25, -0.2) is 13.8 Å². The number of nitrogens with one attached hydrogen (secondary N) is 1. The zero-order chi connectivity index (χ0) is 15.9. The topological polar surface area (TPSA) is 57.1 Å². The third-order valence-corrected chi connectivity index (χ3v) is 3.30. The second-order valence-electron chi connectivity index (χ2n) is 5.05. The molecule has 1 atom stereocenters. The predicted molar refractivity (Wildman–Crippen MR) is 80.0 cm³/mol. The van der Waals surface area contributed by atoms with Crippen molar-refractivity contribution in [1.29, 1.82) is 0 Å². The number of hydrogen-bond donors (Lipinski definition) is 2. The average molecular weight is 313 g/mol. The third kappa shape index (κ3) is 4.56. The molecule has 2 rings (SSSR count). The number of likely N-dealkylation sites (tertiary alicyclic amines) is 1. The summed E-state index contributed by atoms with van der Waals surface area (Å²) in [5.41, 5.74) is 0. The number of aliphatic hydroxyl groups excluding tert-OH is 1. The van der Waals surface area contributed by atoms with E-state index in [0.717, 1.165) is 31.6 Å². The molecule has 2 N–H and O–H groups in total. The molecule has 122 valence electrons. The number of aliphatic hydroxyl groups is 1. The molecule has 0 radical (unpaired) electrons. The van der Waals surface area contributed by atoms with Crippen LogP contribution in [0.5, 0.6) is 5.75 Å². The van der Waals surface area contributed by atoms with Gasteiger partial charge in [-0.1, -0.05) is 0 Å². The van der Waals surface area contributed by atoms with Gasteiger partial charge in [-0.2, -0.15) is 0 Å². The minimum absolute atomic E-state index is 0.0122. The van der Waals surface area contributed by atoms with E-state index in [0.29, 0.717) is 19.0 Å². The Hall–Kier alpha value is -1.89. The molecule has 0 unspecified atom stereocenters. The fourth-order valence-electron chi connectivity index (χ4n) is 2.26. The van der Waals surface area contributed by atoms with Gasteiger partial charge in [-0.05, 0) is 25.5 Å². The van der Waals surface area contributed by atoms with Gasteiger partial charge in [0.05, 0.1) is 12.6 Å². The Bertz CT molecular complexity index is 526. The quantitative estimate of drug-likeness (QED) is 0.490. The zero-order valence-corrected chi connectivity index (χ0v) is 12.6. The van der Waals surface area contributed by atoms with Crippen LogP contribution in [0.2, 0.25) is 0 Å². The lowest BCUT2D eigenvalue weighted by Crippen LogP contribution is -2.40. The predicted octanol–water partition coefficient (Wildman–Crippen LogP) is 1.38. The van der Waals surface area contributed by atoms with Crippen molar-refractivity contribution in [2.75, 3.05) is 32.8 Å². The second-order valence-corrected chi connectivity index (χ2v) is 5.05. The van der Waals surface area contributed by atoms with E-state index in [1.165, 1.54) is 6.07 Å². The Balaban J connectivity index is 1.86. The molecule has 0 amide bonds. The fourth-order valence-corrected chi connectivity index (χ4v) is 2.26. The summed E-state index contributed by atoms with van der Waals surface area (Å²) in [6, 6.07) is 3.20. The molecule has 0 spiro atoms. The summed E-state index contributed by atoms with van der Waals surface area (Å²) in [6.45, 7) is 4.52. The van der Waals surface area contributed by atoms with Gasteiger partial charge in [0.15, 0.2) is 17.5 Å². The molecule has 1 aromatic rings. The zero-order valence-electron chi connectivity index (χ0n) is 12.6. The summed E-state index contributed by atoms with van der Waals surface area (Å²) in [5, 5.41) is 12.7. The van der Waals surface area contributed by atoms with Gasteiger partial charge in [0.2, 0.25) is 0 Å². The average Bonchev–Trinajstić information content (AvgIpc) is 2.90. The molecular weight excluding hydrogens is 292 g/mol. The molecule has 1 aliphatic heterocycles. The van der Waals surface area contributed by atoms with E-state index in [-0.39, 0.29) is 18.5 Å². The standard InChI is InChI=1S/C15H21F2N3O2/c1-2-18-15(20-7-5-12(21)10-20)19-6-8-22-14-4-3-11(16)9-13(14)17/h3-4,9,12,21H,2,5-8,10H2,1H3,(H,18,19)/t12-/m1/s1. The number of halogens is 2. The van der Waals surface area contributed by atoms with Crippen LogP contribution in [0.25, 0.3) is 0 Å². The van der Waals surface area contributed by atoms with Crippen LogP contribution in [-0.4, -0.2) is 54.9 Å². The van der Waals surface area contributed by atoms with Crippen LogP contribution in [0.1, 0.15) is 13.3 Å². The van der Waals surface area contributed by atoms with Crippen molar-refractivity contribution in [1.82, 2.24) is 10.2 Å². The van der Waals surface area contributed by atoms with Gasteiger partial charge >= 0.3 is 0 Å². The lowest BCUT2D eigenvalue weighted by Gasteiger charge is -2.20. The van der Waals surface area contributed by atoms with Gasteiger partial charge in [0.1, 0.15) is 12.4 Å². The molecule has 0 aromatic heterocycles. The molecule has 1 fully saturated rings. The Morgan fingerprint density at radius 3 is 2.95 bits per heavy atom. The summed E-state index contributed by atoms with van der Waals surface area (Å²) in [4.78, 5) is 6.37. The fraction of sp³-hybridized carbons (Fsp3) is 0.533. The summed E-state index contributed by atoms with van der Waals surface area (Å²) in [6.07, 6.45) is 0.398. The van der Waals surface area contributed by atoms with Crippen molar-refractivity contribution in [2.45, 2.75) is 19.4 Å². The Labute approximate surface area is 128 Å².